The summed E-state index contributed by atoms with van der Waals surface area (Å²) in [6.07, 6.45) is 1.71. The maximum absolute atomic E-state index is 9.73. The lowest BCUT2D eigenvalue weighted by Crippen LogP contribution is -2.31. The van der Waals surface area contributed by atoms with Crippen LogP contribution in [0.3, 0.4) is 0 Å². The third-order valence-corrected chi connectivity index (χ3v) is 4.66. The van der Waals surface area contributed by atoms with Crippen LogP contribution in [0.1, 0.15) is 17.5 Å². The molecule has 0 fully saturated rings. The lowest BCUT2D eigenvalue weighted by atomic mass is 9.93. The number of aryl methyl sites for hydroxylation is 1. The van der Waals surface area contributed by atoms with Crippen LogP contribution in [0.4, 0.5) is 5.69 Å². The van der Waals surface area contributed by atoms with Gasteiger partial charge in [0, 0.05) is 14.6 Å². The van der Waals surface area contributed by atoms with Crippen LogP contribution in [0.5, 0.6) is 0 Å². The molecule has 0 radical (unpaired) electrons. The molecule has 0 saturated carbocycles. The number of halogens is 2. The molecule has 0 aromatic heterocycles. The van der Waals surface area contributed by atoms with Crippen LogP contribution in [0, 0.1) is 11.3 Å². The largest absolute Gasteiger partial charge is 0.364 e. The molecule has 0 bridgehead atoms. The Hall–Kier alpha value is -1.31. The number of fused-ring (bicyclic) bond motifs is 1. The molecule has 4 heteroatoms. The molecule has 1 atom stereocenters. The van der Waals surface area contributed by atoms with E-state index >= 15 is 0 Å². The summed E-state index contributed by atoms with van der Waals surface area (Å²) in [5.74, 6) is 0. The summed E-state index contributed by atoms with van der Waals surface area (Å²) in [4.78, 5) is 0. The van der Waals surface area contributed by atoms with Crippen molar-refractivity contribution in [3.63, 3.8) is 0 Å². The fourth-order valence-corrected chi connectivity index (χ4v) is 3.54. The van der Waals surface area contributed by atoms with Crippen LogP contribution in [0.25, 0.3) is 0 Å². The van der Waals surface area contributed by atoms with Crippen LogP contribution < -0.4 is 5.32 Å². The molecule has 0 spiro atoms. The zero-order chi connectivity index (χ0) is 14.2. The molecule has 100 valence electrons. The Morgan fingerprint density at radius 2 is 1.90 bits per heavy atom. The number of rotatable bonds is 2. The van der Waals surface area contributed by atoms with Gasteiger partial charge in [-0.25, -0.2) is 0 Å². The normalized spacial score (nSPS) is 20.2. The van der Waals surface area contributed by atoms with Crippen molar-refractivity contribution < 1.29 is 0 Å². The molecule has 0 aliphatic heterocycles. The molecule has 0 heterocycles. The highest BCUT2D eigenvalue weighted by Crippen LogP contribution is 2.40. The lowest BCUT2D eigenvalue weighted by molar-refractivity contribution is 0.621. The molecule has 0 saturated heterocycles. The summed E-state index contributed by atoms with van der Waals surface area (Å²) in [5, 5.41) is 13.1. The first-order valence-corrected chi connectivity index (χ1v) is 7.95. The minimum atomic E-state index is -0.628. The van der Waals surface area contributed by atoms with Gasteiger partial charge in [-0.15, -0.1) is 0 Å². The maximum atomic E-state index is 9.73. The predicted molar refractivity (Wildman–Crippen MR) is 87.5 cm³/mol. The van der Waals surface area contributed by atoms with Crippen LogP contribution in [-0.2, 0) is 12.0 Å². The van der Waals surface area contributed by atoms with E-state index in [9.17, 15) is 5.26 Å². The lowest BCUT2D eigenvalue weighted by Gasteiger charge is -2.25. The van der Waals surface area contributed by atoms with Crippen molar-refractivity contribution in [2.45, 2.75) is 18.4 Å². The molecule has 1 N–H and O–H groups in total. The van der Waals surface area contributed by atoms with Crippen molar-refractivity contribution >= 4 is 37.5 Å². The van der Waals surface area contributed by atoms with Crippen LogP contribution in [-0.4, -0.2) is 0 Å². The second-order valence-corrected chi connectivity index (χ2v) is 6.79. The summed E-state index contributed by atoms with van der Waals surface area (Å²) in [6, 6.07) is 16.6. The van der Waals surface area contributed by atoms with Gasteiger partial charge >= 0.3 is 0 Å². The highest BCUT2D eigenvalue weighted by atomic mass is 79.9. The van der Waals surface area contributed by atoms with Gasteiger partial charge in [0.1, 0.15) is 0 Å². The van der Waals surface area contributed by atoms with Crippen LogP contribution in [0.2, 0.25) is 0 Å². The van der Waals surface area contributed by atoms with E-state index in [1.54, 1.807) is 0 Å². The highest BCUT2D eigenvalue weighted by molar-refractivity contribution is 9.10. The van der Waals surface area contributed by atoms with E-state index < -0.39 is 5.54 Å². The molecule has 1 unspecified atom stereocenters. The fourth-order valence-electron chi connectivity index (χ4n) is 2.73. The minimum Gasteiger partial charge on any atom is -0.364 e. The number of anilines is 1. The zero-order valence-electron chi connectivity index (χ0n) is 10.7. The monoisotopic (exact) mass is 390 g/mol. The topological polar surface area (TPSA) is 35.8 Å². The summed E-state index contributed by atoms with van der Waals surface area (Å²) >= 11 is 6.95. The van der Waals surface area contributed by atoms with E-state index in [1.165, 1.54) is 5.56 Å². The van der Waals surface area contributed by atoms with Gasteiger partial charge in [-0.2, -0.15) is 5.26 Å². The number of nitrogens with zero attached hydrogens (tertiary/aromatic N) is 1. The van der Waals surface area contributed by atoms with E-state index in [1.807, 2.05) is 36.4 Å². The van der Waals surface area contributed by atoms with E-state index in [0.717, 1.165) is 33.0 Å². The first-order valence-electron chi connectivity index (χ1n) is 6.37. The third kappa shape index (κ3) is 2.36. The van der Waals surface area contributed by atoms with E-state index in [-0.39, 0.29) is 0 Å². The molecule has 3 rings (SSSR count). The molecule has 1 aliphatic rings. The summed E-state index contributed by atoms with van der Waals surface area (Å²) in [7, 11) is 0. The van der Waals surface area contributed by atoms with Crippen LogP contribution in [0.15, 0.2) is 51.4 Å². The first kappa shape index (κ1) is 13.7. The number of nitrogens with one attached hydrogen (secondary N) is 1. The highest BCUT2D eigenvalue weighted by Gasteiger charge is 2.39. The third-order valence-electron chi connectivity index (χ3n) is 3.67. The standard InChI is InChI=1S/C16H12Br2N2/c17-12-2-1-3-14(9-12)20-16(10-19)7-6-11-8-13(18)4-5-15(11)16/h1-5,8-9,20H,6-7H2. The maximum Gasteiger partial charge on any atom is 0.151 e. The van der Waals surface area contributed by atoms with Gasteiger partial charge in [0.15, 0.2) is 5.54 Å². The van der Waals surface area contributed by atoms with Crippen molar-refractivity contribution in [3.8, 4) is 6.07 Å². The molecule has 2 aromatic rings. The molecule has 1 aliphatic carbocycles. The Bertz CT molecular complexity index is 706. The quantitative estimate of drug-likeness (QED) is 0.782. The average Bonchev–Trinajstić information content (AvgIpc) is 2.77. The van der Waals surface area contributed by atoms with Crippen molar-refractivity contribution in [3.05, 3.63) is 62.5 Å². The second-order valence-electron chi connectivity index (χ2n) is 4.95. The minimum absolute atomic E-state index is 0.628. The van der Waals surface area contributed by atoms with E-state index in [2.05, 4.69) is 49.3 Å². The molecular weight excluding hydrogens is 380 g/mol. The van der Waals surface area contributed by atoms with Gasteiger partial charge in [0.25, 0.3) is 0 Å². The fraction of sp³-hybridized carbons (Fsp3) is 0.188. The van der Waals surface area contributed by atoms with Gasteiger partial charge in [-0.05, 0) is 54.3 Å². The molecule has 2 aromatic carbocycles. The Labute approximate surface area is 135 Å². The Morgan fingerprint density at radius 1 is 1.10 bits per heavy atom. The summed E-state index contributed by atoms with van der Waals surface area (Å²) < 4.78 is 2.07. The first-order chi connectivity index (χ1) is 9.63. The van der Waals surface area contributed by atoms with Crippen molar-refractivity contribution in [1.82, 2.24) is 0 Å². The van der Waals surface area contributed by atoms with Crippen molar-refractivity contribution in [1.29, 1.82) is 5.26 Å². The molecule has 2 nitrogen and oxygen atoms in total. The van der Waals surface area contributed by atoms with Gasteiger partial charge < -0.3 is 5.32 Å². The zero-order valence-corrected chi connectivity index (χ0v) is 13.8. The van der Waals surface area contributed by atoms with E-state index in [0.29, 0.717) is 0 Å². The molecular formula is C16H12Br2N2. The summed E-state index contributed by atoms with van der Waals surface area (Å²) in [6.45, 7) is 0. The number of hydrogen-bond donors (Lipinski definition) is 1. The second kappa shape index (κ2) is 5.23. The smallest absolute Gasteiger partial charge is 0.151 e. The number of nitriles is 1. The van der Waals surface area contributed by atoms with Gasteiger partial charge in [-0.3, -0.25) is 0 Å². The van der Waals surface area contributed by atoms with Gasteiger partial charge in [0.05, 0.1) is 6.07 Å². The molecule has 20 heavy (non-hydrogen) atoms. The van der Waals surface area contributed by atoms with Gasteiger partial charge in [0.2, 0.25) is 0 Å². The molecule has 0 amide bonds. The Morgan fingerprint density at radius 3 is 2.65 bits per heavy atom. The van der Waals surface area contributed by atoms with Gasteiger partial charge in [-0.1, -0.05) is 44.0 Å². The van der Waals surface area contributed by atoms with Crippen molar-refractivity contribution in [2.24, 2.45) is 0 Å². The Kier molecular flexibility index (Phi) is 3.57. The number of benzene rings is 2. The predicted octanol–water partition coefficient (Wildman–Crippen LogP) is 4.99. The summed E-state index contributed by atoms with van der Waals surface area (Å²) in [5.41, 5.74) is 2.65. The SMILES string of the molecule is N#CC1(Nc2cccc(Br)c2)CCc2cc(Br)ccc21. The van der Waals surface area contributed by atoms with E-state index in [4.69, 9.17) is 0 Å². The Balaban J connectivity index is 2.01. The van der Waals surface area contributed by atoms with Crippen LogP contribution >= 0.6 is 31.9 Å². The van der Waals surface area contributed by atoms with Crippen molar-refractivity contribution in [2.75, 3.05) is 5.32 Å². The average molecular weight is 392 g/mol. The number of hydrogen-bond acceptors (Lipinski definition) is 2.